The van der Waals surface area contributed by atoms with Gasteiger partial charge < -0.3 is 5.32 Å². The molecule has 1 aromatic carbocycles. The molecule has 0 saturated heterocycles. The van der Waals surface area contributed by atoms with Crippen LogP contribution in [0.1, 0.15) is 16.1 Å². The fraction of sp³-hybridized carbons (Fsp3) is 0.133. The molecule has 0 fully saturated rings. The summed E-state index contributed by atoms with van der Waals surface area (Å²) in [6, 6.07) is 6.75. The van der Waals surface area contributed by atoms with E-state index in [1.54, 1.807) is 30.5 Å². The normalized spacial score (nSPS) is 11.5. The largest absolute Gasteiger partial charge is 0.435 e. The van der Waals surface area contributed by atoms with Gasteiger partial charge in [-0.3, -0.25) is 9.48 Å². The van der Waals surface area contributed by atoms with Crippen LogP contribution >= 0.6 is 11.3 Å². The van der Waals surface area contributed by atoms with Crippen LogP contribution in [0.25, 0.3) is 10.6 Å². The maximum atomic E-state index is 12.9. The van der Waals surface area contributed by atoms with Gasteiger partial charge in [0, 0.05) is 36.1 Å². The molecule has 3 rings (SSSR count). The standard InChI is InChI=1S/C15H11F3N4OS/c1-22-8-11(12(21-22)15(16,17)18)13(23)20-10-4-2-3-9(7-10)14-19-5-6-24-14/h2-8H,1H3,(H,20,23). The van der Waals surface area contributed by atoms with Crippen molar-refractivity contribution in [2.24, 2.45) is 7.05 Å². The van der Waals surface area contributed by atoms with E-state index in [4.69, 9.17) is 0 Å². The van der Waals surface area contributed by atoms with Gasteiger partial charge in [0.25, 0.3) is 5.91 Å². The number of alkyl halides is 3. The minimum atomic E-state index is -4.70. The third-order valence-electron chi connectivity index (χ3n) is 3.14. The number of amides is 1. The molecule has 9 heteroatoms. The van der Waals surface area contributed by atoms with Crippen molar-refractivity contribution < 1.29 is 18.0 Å². The Morgan fingerprint density at radius 2 is 2.12 bits per heavy atom. The second kappa shape index (κ2) is 6.08. The van der Waals surface area contributed by atoms with Gasteiger partial charge in [0.1, 0.15) is 5.01 Å². The van der Waals surface area contributed by atoms with Crippen LogP contribution in [0.5, 0.6) is 0 Å². The van der Waals surface area contributed by atoms with Crippen LogP contribution in [0, 0.1) is 0 Å². The highest BCUT2D eigenvalue weighted by atomic mass is 32.1. The number of thiazole rings is 1. The highest BCUT2D eigenvalue weighted by Crippen LogP contribution is 2.31. The van der Waals surface area contributed by atoms with Gasteiger partial charge in [-0.05, 0) is 12.1 Å². The van der Waals surface area contributed by atoms with Gasteiger partial charge in [0.05, 0.1) is 5.56 Å². The molecule has 3 aromatic rings. The Morgan fingerprint density at radius 1 is 1.33 bits per heavy atom. The summed E-state index contributed by atoms with van der Waals surface area (Å²) in [5.41, 5.74) is -0.585. The van der Waals surface area contributed by atoms with Gasteiger partial charge in [-0.25, -0.2) is 4.98 Å². The van der Waals surface area contributed by atoms with Gasteiger partial charge >= 0.3 is 6.18 Å². The Labute approximate surface area is 138 Å². The van der Waals surface area contributed by atoms with Crippen molar-refractivity contribution in [2.45, 2.75) is 6.18 Å². The summed E-state index contributed by atoms with van der Waals surface area (Å²) in [6.07, 6.45) is -2.00. The molecule has 2 aromatic heterocycles. The number of nitrogens with zero attached hydrogens (tertiary/aromatic N) is 3. The summed E-state index contributed by atoms with van der Waals surface area (Å²) in [6.45, 7) is 0. The van der Waals surface area contributed by atoms with Crippen molar-refractivity contribution >= 4 is 22.9 Å². The minimum absolute atomic E-state index is 0.379. The number of carbonyl (C=O) groups excluding carboxylic acids is 1. The first kappa shape index (κ1) is 16.2. The highest BCUT2D eigenvalue weighted by molar-refractivity contribution is 7.13. The fourth-order valence-electron chi connectivity index (χ4n) is 2.16. The molecule has 0 atom stereocenters. The van der Waals surface area contributed by atoms with Crippen LogP contribution in [-0.4, -0.2) is 20.7 Å². The molecule has 0 saturated carbocycles. The molecule has 24 heavy (non-hydrogen) atoms. The molecule has 0 spiro atoms. The number of nitrogens with one attached hydrogen (secondary N) is 1. The number of hydrogen-bond donors (Lipinski definition) is 1. The molecule has 5 nitrogen and oxygen atoms in total. The summed E-state index contributed by atoms with van der Waals surface area (Å²) in [5.74, 6) is -0.869. The zero-order valence-electron chi connectivity index (χ0n) is 12.3. The fourth-order valence-corrected chi connectivity index (χ4v) is 2.79. The number of anilines is 1. The third kappa shape index (κ3) is 3.30. The Bertz CT molecular complexity index is 871. The van der Waals surface area contributed by atoms with E-state index in [1.165, 1.54) is 18.4 Å². The van der Waals surface area contributed by atoms with Crippen LogP contribution in [0.4, 0.5) is 18.9 Å². The molecule has 0 aliphatic heterocycles. The lowest BCUT2D eigenvalue weighted by molar-refractivity contribution is -0.141. The molecule has 0 radical (unpaired) electrons. The topological polar surface area (TPSA) is 59.8 Å². The van der Waals surface area contributed by atoms with Gasteiger partial charge in [-0.1, -0.05) is 12.1 Å². The van der Waals surface area contributed by atoms with Crippen LogP contribution in [0.15, 0.2) is 42.0 Å². The highest BCUT2D eigenvalue weighted by Gasteiger charge is 2.39. The van der Waals surface area contributed by atoms with Crippen molar-refractivity contribution in [1.29, 1.82) is 0 Å². The molecule has 2 heterocycles. The molecule has 0 unspecified atom stereocenters. The van der Waals surface area contributed by atoms with Gasteiger partial charge in [-0.15, -0.1) is 11.3 Å². The quantitative estimate of drug-likeness (QED) is 0.780. The van der Waals surface area contributed by atoms with Crippen molar-refractivity contribution in [1.82, 2.24) is 14.8 Å². The van der Waals surface area contributed by atoms with E-state index in [1.807, 2.05) is 5.38 Å². The van der Waals surface area contributed by atoms with E-state index in [0.29, 0.717) is 5.69 Å². The van der Waals surface area contributed by atoms with Crippen LogP contribution in [-0.2, 0) is 13.2 Å². The molecule has 124 valence electrons. The van der Waals surface area contributed by atoms with Crippen molar-refractivity contribution in [3.8, 4) is 10.6 Å². The van der Waals surface area contributed by atoms with Gasteiger partial charge in [-0.2, -0.15) is 18.3 Å². The molecule has 0 aliphatic carbocycles. The minimum Gasteiger partial charge on any atom is -0.322 e. The second-order valence-electron chi connectivity index (χ2n) is 4.93. The lowest BCUT2D eigenvalue weighted by Crippen LogP contribution is -2.17. The van der Waals surface area contributed by atoms with E-state index in [2.05, 4.69) is 15.4 Å². The van der Waals surface area contributed by atoms with E-state index in [-0.39, 0.29) is 0 Å². The number of benzene rings is 1. The first-order valence-electron chi connectivity index (χ1n) is 6.77. The average molecular weight is 352 g/mol. The van der Waals surface area contributed by atoms with Crippen LogP contribution in [0.2, 0.25) is 0 Å². The van der Waals surface area contributed by atoms with E-state index >= 15 is 0 Å². The van der Waals surface area contributed by atoms with Gasteiger partial charge in [0.15, 0.2) is 5.69 Å². The maximum absolute atomic E-state index is 12.9. The lowest BCUT2D eigenvalue weighted by Gasteiger charge is -2.08. The second-order valence-corrected chi connectivity index (χ2v) is 5.83. The number of aromatic nitrogens is 3. The summed E-state index contributed by atoms with van der Waals surface area (Å²) >= 11 is 1.42. The van der Waals surface area contributed by atoms with E-state index in [9.17, 15) is 18.0 Å². The summed E-state index contributed by atoms with van der Waals surface area (Å²) in [5, 5.41) is 8.36. The van der Waals surface area contributed by atoms with Crippen LogP contribution in [0.3, 0.4) is 0 Å². The molecular formula is C15H11F3N4OS. The predicted molar refractivity (Wildman–Crippen MR) is 83.7 cm³/mol. The molecular weight excluding hydrogens is 341 g/mol. The number of hydrogen-bond acceptors (Lipinski definition) is 4. The van der Waals surface area contributed by atoms with E-state index < -0.39 is 23.3 Å². The van der Waals surface area contributed by atoms with Gasteiger partial charge in [0.2, 0.25) is 0 Å². The summed E-state index contributed by atoms with van der Waals surface area (Å²) < 4.78 is 39.8. The Balaban J connectivity index is 1.87. The zero-order valence-corrected chi connectivity index (χ0v) is 13.1. The first-order chi connectivity index (χ1) is 11.3. The monoisotopic (exact) mass is 352 g/mol. The van der Waals surface area contributed by atoms with Crippen LogP contribution < -0.4 is 5.32 Å². The molecule has 0 aliphatic rings. The maximum Gasteiger partial charge on any atom is 0.435 e. The smallest absolute Gasteiger partial charge is 0.322 e. The summed E-state index contributed by atoms with van der Waals surface area (Å²) in [7, 11) is 1.33. The molecule has 1 amide bonds. The van der Waals surface area contributed by atoms with Crippen molar-refractivity contribution in [3.05, 3.63) is 53.3 Å². The van der Waals surface area contributed by atoms with E-state index in [0.717, 1.165) is 21.4 Å². The number of carbonyl (C=O) groups is 1. The zero-order chi connectivity index (χ0) is 17.3. The number of rotatable bonds is 3. The Morgan fingerprint density at radius 3 is 2.79 bits per heavy atom. The Hall–Kier alpha value is -2.68. The first-order valence-corrected chi connectivity index (χ1v) is 7.64. The third-order valence-corrected chi connectivity index (χ3v) is 3.96. The summed E-state index contributed by atoms with van der Waals surface area (Å²) in [4.78, 5) is 16.4. The Kier molecular flexibility index (Phi) is 4.10. The lowest BCUT2D eigenvalue weighted by atomic mass is 10.2. The van der Waals surface area contributed by atoms with Crippen molar-refractivity contribution in [3.63, 3.8) is 0 Å². The molecule has 1 N–H and O–H groups in total. The average Bonchev–Trinajstić information content (AvgIpc) is 3.16. The molecule has 0 bridgehead atoms. The van der Waals surface area contributed by atoms with Crippen molar-refractivity contribution in [2.75, 3.05) is 5.32 Å². The number of halogens is 3. The SMILES string of the molecule is Cn1cc(C(=O)Nc2cccc(-c3nccs3)c2)c(C(F)(F)F)n1. The number of aryl methyl sites for hydroxylation is 1. The predicted octanol–water partition coefficient (Wildman–Crippen LogP) is 3.81.